The van der Waals surface area contributed by atoms with E-state index in [2.05, 4.69) is 445 Å². The van der Waals surface area contributed by atoms with Crippen molar-refractivity contribution in [2.45, 2.75) is 5.41 Å². The van der Waals surface area contributed by atoms with Crippen LogP contribution in [-0.2, 0) is 5.41 Å². The van der Waals surface area contributed by atoms with Crippen LogP contribution < -0.4 is 9.80 Å². The van der Waals surface area contributed by atoms with Gasteiger partial charge in [0.15, 0.2) is 0 Å². The van der Waals surface area contributed by atoms with Crippen LogP contribution in [0.25, 0.3) is 137 Å². The van der Waals surface area contributed by atoms with Crippen molar-refractivity contribution in [1.82, 2.24) is 4.57 Å². The van der Waals surface area contributed by atoms with Crippen molar-refractivity contribution in [3.8, 4) is 72.4 Å². The van der Waals surface area contributed by atoms with Crippen molar-refractivity contribution in [3.63, 3.8) is 0 Å². The van der Waals surface area contributed by atoms with Crippen LogP contribution in [-0.4, -0.2) is 4.57 Å². The summed E-state index contributed by atoms with van der Waals surface area (Å²) in [6, 6.07) is 161. The molecule has 0 fully saturated rings. The minimum absolute atomic E-state index is 0.668. The first-order valence-electron chi connectivity index (χ1n) is 38.0. The number of hydrogen-bond donors (Lipinski definition) is 0. The summed E-state index contributed by atoms with van der Waals surface area (Å²) in [5.74, 6) is 0. The van der Waals surface area contributed by atoms with Crippen LogP contribution >= 0.6 is 0 Å². The summed E-state index contributed by atoms with van der Waals surface area (Å²) in [6.45, 7) is 0. The Morgan fingerprint density at radius 1 is 0.200 bits per heavy atom. The second-order valence-corrected chi connectivity index (χ2v) is 28.9. The van der Waals surface area contributed by atoms with Gasteiger partial charge in [-0.2, -0.15) is 0 Å². The lowest BCUT2D eigenvalue weighted by atomic mass is 9.67. The lowest BCUT2D eigenvalue weighted by Crippen LogP contribution is -2.28. The number of benzene rings is 19. The molecule has 0 atom stereocenters. The molecule has 0 saturated carbocycles. The predicted octanol–water partition coefficient (Wildman–Crippen LogP) is 29.0. The van der Waals surface area contributed by atoms with Crippen LogP contribution in [0.5, 0.6) is 0 Å². The number of para-hydroxylation sites is 3. The molecule has 1 heterocycles. The minimum Gasteiger partial charge on any atom is -0.309 e. The van der Waals surface area contributed by atoms with E-state index in [1.54, 1.807) is 0 Å². The number of rotatable bonds is 14. The van der Waals surface area contributed by atoms with Crippen molar-refractivity contribution in [2.75, 3.05) is 9.80 Å². The molecule has 0 radical (unpaired) electrons. The average Bonchev–Trinajstić information content (AvgIpc) is 1.36. The first-order valence-corrected chi connectivity index (χ1v) is 38.0. The first-order chi connectivity index (χ1) is 54.6. The molecule has 0 amide bonds. The third-order valence-electron chi connectivity index (χ3n) is 22.9. The normalized spacial score (nSPS) is 12.3. The molecule has 3 nitrogen and oxygen atoms in total. The summed E-state index contributed by atoms with van der Waals surface area (Å²) in [7, 11) is 0. The van der Waals surface area contributed by atoms with E-state index in [9.17, 15) is 0 Å². The molecule has 0 aliphatic heterocycles. The number of hydrogen-bond acceptors (Lipinski definition) is 2. The molecule has 514 valence electrons. The van der Waals surface area contributed by atoms with E-state index in [1.165, 1.54) is 76.6 Å². The van der Waals surface area contributed by atoms with Gasteiger partial charge in [0.1, 0.15) is 0 Å². The Bertz CT molecular complexity index is 6810. The molecule has 0 bridgehead atoms. The summed E-state index contributed by atoms with van der Waals surface area (Å²) in [4.78, 5) is 5.16. The van der Waals surface area contributed by atoms with Gasteiger partial charge in [0.05, 0.1) is 39.2 Å². The molecule has 0 saturated heterocycles. The molecule has 0 spiro atoms. The fourth-order valence-electron chi connectivity index (χ4n) is 18.3. The summed E-state index contributed by atoms with van der Waals surface area (Å²) in [6.07, 6.45) is 0. The zero-order valence-electron chi connectivity index (χ0n) is 60.3. The van der Waals surface area contributed by atoms with Gasteiger partial charge in [-0.05, 0) is 183 Å². The van der Waals surface area contributed by atoms with Crippen LogP contribution in [0, 0.1) is 0 Å². The van der Waals surface area contributed by atoms with Crippen LogP contribution in [0.1, 0.15) is 22.3 Å². The maximum absolute atomic E-state index is 2.61. The van der Waals surface area contributed by atoms with Crippen molar-refractivity contribution in [3.05, 3.63) is 453 Å². The average molecular weight is 1400 g/mol. The lowest BCUT2D eigenvalue weighted by Gasteiger charge is -2.36. The predicted molar refractivity (Wildman–Crippen MR) is 465 cm³/mol. The topological polar surface area (TPSA) is 11.4 Å². The van der Waals surface area contributed by atoms with E-state index < -0.39 is 5.41 Å². The Morgan fingerprint density at radius 2 is 0.573 bits per heavy atom. The second-order valence-electron chi connectivity index (χ2n) is 28.9. The fourth-order valence-corrected chi connectivity index (χ4v) is 18.3. The van der Waals surface area contributed by atoms with E-state index in [1.807, 2.05) is 0 Å². The van der Waals surface area contributed by atoms with E-state index in [4.69, 9.17) is 0 Å². The van der Waals surface area contributed by atoms with E-state index in [0.717, 1.165) is 117 Å². The van der Waals surface area contributed by atoms with Crippen LogP contribution in [0.15, 0.2) is 431 Å². The quantitative estimate of drug-likeness (QED) is 0.101. The molecule has 3 heteroatoms. The highest BCUT2D eigenvalue weighted by Gasteiger charge is 2.46. The molecule has 19 aromatic carbocycles. The fraction of sp³-hybridized carbons (Fsp3) is 0.00935. The van der Waals surface area contributed by atoms with Crippen LogP contribution in [0.2, 0.25) is 0 Å². The molecular formula is C107H71N3. The monoisotopic (exact) mass is 1400 g/mol. The van der Waals surface area contributed by atoms with Crippen molar-refractivity contribution >= 4 is 99.0 Å². The Balaban J connectivity index is 0.847. The van der Waals surface area contributed by atoms with Crippen molar-refractivity contribution in [1.29, 1.82) is 0 Å². The largest absolute Gasteiger partial charge is 0.309 e. The molecule has 1 aromatic heterocycles. The summed E-state index contributed by atoms with van der Waals surface area (Å²) < 4.78 is 2.52. The molecule has 20 aromatic rings. The van der Waals surface area contributed by atoms with E-state index >= 15 is 0 Å². The van der Waals surface area contributed by atoms with Crippen LogP contribution in [0.4, 0.5) is 34.1 Å². The highest BCUT2D eigenvalue weighted by atomic mass is 15.2. The first kappa shape index (κ1) is 64.0. The highest BCUT2D eigenvalue weighted by Crippen LogP contribution is 2.59. The molecule has 0 N–H and O–H groups in total. The Hall–Kier alpha value is -14.4. The van der Waals surface area contributed by atoms with Crippen molar-refractivity contribution < 1.29 is 0 Å². The summed E-state index contributed by atoms with van der Waals surface area (Å²) in [5.41, 5.74) is 27.6. The highest BCUT2D eigenvalue weighted by molar-refractivity contribution is 6.25. The zero-order valence-corrected chi connectivity index (χ0v) is 60.3. The van der Waals surface area contributed by atoms with Gasteiger partial charge in [-0.3, -0.25) is 0 Å². The van der Waals surface area contributed by atoms with Gasteiger partial charge in [-0.25, -0.2) is 0 Å². The van der Waals surface area contributed by atoms with Gasteiger partial charge < -0.3 is 14.4 Å². The third-order valence-corrected chi connectivity index (χ3v) is 22.9. The number of nitrogens with zero attached hydrogens (tertiary/aromatic N) is 3. The van der Waals surface area contributed by atoms with Crippen LogP contribution in [0.3, 0.4) is 0 Å². The molecular weight excluding hydrogens is 1330 g/mol. The number of aromatic nitrogens is 1. The second kappa shape index (κ2) is 26.6. The summed E-state index contributed by atoms with van der Waals surface area (Å²) in [5, 5.41) is 11.8. The lowest BCUT2D eigenvalue weighted by molar-refractivity contribution is 0.768. The van der Waals surface area contributed by atoms with E-state index in [0.29, 0.717) is 0 Å². The standard InChI is InChI=1S/C107H71N3/c1-6-34-72(35-7-1)78-67-79(73-36-8-2-9-37-73)69-84(68-78)108(83-47-33-44-81(71-83)107(80-42-12-4-13-43-80)97-60-28-24-52-89(97)90-53-25-29-61-98(90)107)105-95-58-22-18-50-87(95)86-49-17-21-57-94(86)104(105)77-41-32-40-75(66-77)76-64-65-101(102(70-76)110-99-62-30-26-54-91(99)92-55-27-31-63-100(92)110)109(82-45-14-5-15-46-82)106-96-59-23-19-51-88(96)85-48-16-20-56-93(85)103(106)74-38-10-3-11-39-74/h1-71H. The van der Waals surface area contributed by atoms with Gasteiger partial charge in [0.25, 0.3) is 0 Å². The maximum Gasteiger partial charge on any atom is 0.0714 e. The van der Waals surface area contributed by atoms with Gasteiger partial charge >= 0.3 is 0 Å². The molecule has 1 aliphatic carbocycles. The van der Waals surface area contributed by atoms with Gasteiger partial charge in [0, 0.05) is 49.7 Å². The smallest absolute Gasteiger partial charge is 0.0714 e. The minimum atomic E-state index is -0.668. The molecule has 110 heavy (non-hydrogen) atoms. The molecule has 1 aliphatic rings. The third kappa shape index (κ3) is 10.3. The number of fused-ring (bicyclic) bond motifs is 12. The Kier molecular flexibility index (Phi) is 15.5. The zero-order chi connectivity index (χ0) is 72.6. The SMILES string of the molecule is c1ccc(-c2cc(-c3ccccc3)cc(N(c3cccc(C4(c5ccccc5)c5ccccc5-c5ccccc54)c3)c3c(-c4cccc(-c5ccc(N(c6ccccc6)c6c(-c7ccccc7)c7ccccc7c7ccccc67)c(-n6c7ccccc7c7ccccc76)c5)c4)c4ccccc4c4ccccc34)c2)cc1. The number of anilines is 6. The van der Waals surface area contributed by atoms with Gasteiger partial charge in [-0.15, -0.1) is 0 Å². The molecule has 0 unspecified atom stereocenters. The van der Waals surface area contributed by atoms with Gasteiger partial charge in [-0.1, -0.05) is 358 Å². The van der Waals surface area contributed by atoms with E-state index in [-0.39, 0.29) is 0 Å². The van der Waals surface area contributed by atoms with Gasteiger partial charge in [0.2, 0.25) is 0 Å². The Morgan fingerprint density at radius 3 is 1.13 bits per heavy atom. The maximum atomic E-state index is 2.61. The van der Waals surface area contributed by atoms with Crippen molar-refractivity contribution in [2.24, 2.45) is 0 Å². The Labute approximate surface area is 640 Å². The molecule has 21 rings (SSSR count). The summed E-state index contributed by atoms with van der Waals surface area (Å²) >= 11 is 0.